The van der Waals surface area contributed by atoms with Crippen LogP contribution >= 0.6 is 11.3 Å². The van der Waals surface area contributed by atoms with Crippen molar-refractivity contribution >= 4 is 28.4 Å². The van der Waals surface area contributed by atoms with Crippen molar-refractivity contribution in [2.24, 2.45) is 0 Å². The summed E-state index contributed by atoms with van der Waals surface area (Å²) >= 11 is 1.29. The number of ether oxygens (including phenoxy) is 2. The summed E-state index contributed by atoms with van der Waals surface area (Å²) in [6.07, 6.45) is 0. The fourth-order valence-corrected chi connectivity index (χ4v) is 2.14. The Balaban J connectivity index is 2.74. The van der Waals surface area contributed by atoms with Crippen LogP contribution in [0.3, 0.4) is 0 Å². The van der Waals surface area contributed by atoms with Crippen LogP contribution in [0.15, 0.2) is 0 Å². The average Bonchev–Trinajstić information content (AvgIpc) is 2.69. The first-order valence-electron chi connectivity index (χ1n) is 5.48. The number of carbonyl (C=O) groups is 2. The van der Waals surface area contributed by atoms with Gasteiger partial charge in [-0.1, -0.05) is 0 Å². The molecule has 0 radical (unpaired) electrons. The van der Waals surface area contributed by atoms with E-state index in [1.807, 2.05) is 0 Å². The standard InChI is InChI=1S/C11H16N2O4S/c1-5-17-9(14)6(2)12-11-13-8(7(3)18-11)10(15)16-4/h6H,5H2,1-4H3,(H,12,13). The maximum atomic E-state index is 11.4. The molecule has 0 aliphatic rings. The minimum Gasteiger partial charge on any atom is -0.464 e. The van der Waals surface area contributed by atoms with Gasteiger partial charge in [0.1, 0.15) is 6.04 Å². The lowest BCUT2D eigenvalue weighted by Gasteiger charge is -2.10. The summed E-state index contributed by atoms with van der Waals surface area (Å²) in [7, 11) is 1.30. The van der Waals surface area contributed by atoms with Crippen LogP contribution in [-0.4, -0.2) is 36.7 Å². The predicted octanol–water partition coefficient (Wildman–Crippen LogP) is 1.60. The molecule has 18 heavy (non-hydrogen) atoms. The normalized spacial score (nSPS) is 11.8. The largest absolute Gasteiger partial charge is 0.464 e. The molecule has 1 heterocycles. The summed E-state index contributed by atoms with van der Waals surface area (Å²) in [5.74, 6) is -0.842. The SMILES string of the molecule is CCOC(=O)C(C)Nc1nc(C(=O)OC)c(C)s1. The third-order valence-corrected chi connectivity index (χ3v) is 3.06. The molecule has 1 atom stereocenters. The number of hydrogen-bond acceptors (Lipinski definition) is 7. The Kier molecular flexibility index (Phi) is 5.08. The first-order chi connectivity index (χ1) is 8.49. The van der Waals surface area contributed by atoms with Gasteiger partial charge in [-0.05, 0) is 20.8 Å². The van der Waals surface area contributed by atoms with Crippen molar-refractivity contribution in [2.75, 3.05) is 19.0 Å². The van der Waals surface area contributed by atoms with Crippen molar-refractivity contribution in [3.05, 3.63) is 10.6 Å². The van der Waals surface area contributed by atoms with Gasteiger partial charge in [-0.2, -0.15) is 0 Å². The van der Waals surface area contributed by atoms with Crippen molar-refractivity contribution in [3.63, 3.8) is 0 Å². The molecule has 0 saturated heterocycles. The molecule has 0 fully saturated rings. The fourth-order valence-electron chi connectivity index (χ4n) is 1.26. The van der Waals surface area contributed by atoms with Gasteiger partial charge in [0.15, 0.2) is 10.8 Å². The fraction of sp³-hybridized carbons (Fsp3) is 0.545. The van der Waals surface area contributed by atoms with Crippen LogP contribution in [0.2, 0.25) is 0 Å². The summed E-state index contributed by atoms with van der Waals surface area (Å²) in [6, 6.07) is -0.513. The molecular formula is C11H16N2O4S. The summed E-state index contributed by atoms with van der Waals surface area (Å²) in [4.78, 5) is 27.6. The molecule has 1 aromatic rings. The minimum absolute atomic E-state index is 0.265. The number of anilines is 1. The van der Waals surface area contributed by atoms with Crippen LogP contribution in [0.5, 0.6) is 0 Å². The lowest BCUT2D eigenvalue weighted by Crippen LogP contribution is -2.28. The van der Waals surface area contributed by atoms with E-state index in [4.69, 9.17) is 4.74 Å². The average molecular weight is 272 g/mol. The van der Waals surface area contributed by atoms with Crippen LogP contribution in [0, 0.1) is 6.92 Å². The van der Waals surface area contributed by atoms with Gasteiger partial charge in [0.05, 0.1) is 13.7 Å². The number of aryl methyl sites for hydroxylation is 1. The Morgan fingerprint density at radius 2 is 2.17 bits per heavy atom. The third kappa shape index (κ3) is 3.43. The highest BCUT2D eigenvalue weighted by Crippen LogP contribution is 2.23. The van der Waals surface area contributed by atoms with E-state index in [-0.39, 0.29) is 11.7 Å². The van der Waals surface area contributed by atoms with Gasteiger partial charge in [-0.3, -0.25) is 0 Å². The van der Waals surface area contributed by atoms with Crippen molar-refractivity contribution < 1.29 is 19.1 Å². The number of hydrogen-bond donors (Lipinski definition) is 1. The number of carbonyl (C=O) groups excluding carboxylic acids is 2. The number of rotatable bonds is 5. The van der Waals surface area contributed by atoms with E-state index in [2.05, 4.69) is 15.0 Å². The highest BCUT2D eigenvalue weighted by Gasteiger charge is 2.19. The van der Waals surface area contributed by atoms with E-state index >= 15 is 0 Å². The molecule has 6 nitrogen and oxygen atoms in total. The third-order valence-electron chi connectivity index (χ3n) is 2.16. The Morgan fingerprint density at radius 3 is 2.72 bits per heavy atom. The van der Waals surface area contributed by atoms with Crippen LogP contribution < -0.4 is 5.32 Å². The maximum Gasteiger partial charge on any atom is 0.357 e. The van der Waals surface area contributed by atoms with Gasteiger partial charge in [-0.15, -0.1) is 11.3 Å². The van der Waals surface area contributed by atoms with Crippen LogP contribution in [0.1, 0.15) is 29.2 Å². The van der Waals surface area contributed by atoms with Gasteiger partial charge in [0.25, 0.3) is 0 Å². The summed E-state index contributed by atoms with van der Waals surface area (Å²) in [5.41, 5.74) is 0.265. The van der Waals surface area contributed by atoms with E-state index in [0.717, 1.165) is 4.88 Å². The van der Waals surface area contributed by atoms with E-state index in [0.29, 0.717) is 11.7 Å². The zero-order valence-electron chi connectivity index (χ0n) is 10.8. The molecule has 0 spiro atoms. The number of methoxy groups -OCH3 is 1. The van der Waals surface area contributed by atoms with Gasteiger partial charge in [0.2, 0.25) is 0 Å². The first kappa shape index (κ1) is 14.4. The maximum absolute atomic E-state index is 11.4. The molecule has 0 aliphatic carbocycles. The Labute approximate surface area is 109 Å². The highest BCUT2D eigenvalue weighted by atomic mass is 32.1. The Morgan fingerprint density at radius 1 is 1.50 bits per heavy atom. The van der Waals surface area contributed by atoms with E-state index < -0.39 is 12.0 Å². The summed E-state index contributed by atoms with van der Waals surface area (Å²) in [6.45, 7) is 5.51. The molecule has 0 amide bonds. The van der Waals surface area contributed by atoms with E-state index in [9.17, 15) is 9.59 Å². The molecule has 1 rings (SSSR count). The number of esters is 2. The summed E-state index contributed by atoms with van der Waals surface area (Å²) in [5, 5.41) is 3.39. The molecule has 0 aromatic carbocycles. The lowest BCUT2D eigenvalue weighted by atomic mass is 10.3. The van der Waals surface area contributed by atoms with Crippen LogP contribution in [0.4, 0.5) is 5.13 Å². The second-order valence-corrected chi connectivity index (χ2v) is 4.74. The van der Waals surface area contributed by atoms with E-state index in [1.165, 1.54) is 18.4 Å². The smallest absolute Gasteiger partial charge is 0.357 e. The van der Waals surface area contributed by atoms with Crippen molar-refractivity contribution in [1.29, 1.82) is 0 Å². The van der Waals surface area contributed by atoms with E-state index in [1.54, 1.807) is 20.8 Å². The highest BCUT2D eigenvalue weighted by molar-refractivity contribution is 7.15. The molecule has 0 saturated carbocycles. The Bertz CT molecular complexity index is 444. The van der Waals surface area contributed by atoms with Gasteiger partial charge in [-0.25, -0.2) is 14.6 Å². The predicted molar refractivity (Wildman–Crippen MR) is 67.9 cm³/mol. The number of thiazole rings is 1. The quantitative estimate of drug-likeness (QED) is 0.820. The molecule has 1 aromatic heterocycles. The van der Waals surface area contributed by atoms with Crippen molar-refractivity contribution in [3.8, 4) is 0 Å². The minimum atomic E-state index is -0.513. The Hall–Kier alpha value is -1.63. The van der Waals surface area contributed by atoms with Crippen molar-refractivity contribution in [2.45, 2.75) is 26.8 Å². The second-order valence-electron chi connectivity index (χ2n) is 3.53. The molecule has 7 heteroatoms. The molecule has 1 unspecified atom stereocenters. The lowest BCUT2D eigenvalue weighted by molar-refractivity contribution is -0.143. The molecule has 1 N–H and O–H groups in total. The number of aromatic nitrogens is 1. The van der Waals surface area contributed by atoms with Gasteiger partial charge < -0.3 is 14.8 Å². The zero-order valence-corrected chi connectivity index (χ0v) is 11.6. The number of nitrogens with one attached hydrogen (secondary N) is 1. The first-order valence-corrected chi connectivity index (χ1v) is 6.30. The van der Waals surface area contributed by atoms with Crippen LogP contribution in [0.25, 0.3) is 0 Å². The van der Waals surface area contributed by atoms with Crippen molar-refractivity contribution in [1.82, 2.24) is 4.98 Å². The molecular weight excluding hydrogens is 256 g/mol. The summed E-state index contributed by atoms with van der Waals surface area (Å²) < 4.78 is 9.47. The second kappa shape index (κ2) is 6.34. The monoisotopic (exact) mass is 272 g/mol. The topological polar surface area (TPSA) is 77.5 Å². The molecule has 100 valence electrons. The molecule has 0 bridgehead atoms. The van der Waals surface area contributed by atoms with Gasteiger partial charge >= 0.3 is 11.9 Å². The molecule has 0 aliphatic heterocycles. The number of nitrogens with zero attached hydrogens (tertiary/aromatic N) is 1. The van der Waals surface area contributed by atoms with Crippen LogP contribution in [-0.2, 0) is 14.3 Å². The van der Waals surface area contributed by atoms with Gasteiger partial charge in [0, 0.05) is 4.88 Å². The zero-order chi connectivity index (χ0) is 13.7.